The van der Waals surface area contributed by atoms with Crippen LogP contribution < -0.4 is 30.0 Å². The number of carbonyl (C=O) groups is 2. The summed E-state index contributed by atoms with van der Waals surface area (Å²) in [4.78, 5) is 30.5. The number of carbonyl (C=O) groups excluding carboxylic acids is 2. The lowest BCUT2D eigenvalue weighted by Crippen LogP contribution is -2.49. The fourth-order valence-electron chi connectivity index (χ4n) is 5.91. The van der Waals surface area contributed by atoms with Crippen LogP contribution in [0.4, 0.5) is 22.0 Å². The van der Waals surface area contributed by atoms with E-state index in [-0.39, 0.29) is 81.4 Å². The summed E-state index contributed by atoms with van der Waals surface area (Å²) in [5.41, 5.74) is -0.547. The van der Waals surface area contributed by atoms with Crippen molar-refractivity contribution in [2.24, 2.45) is 5.73 Å². The van der Waals surface area contributed by atoms with Crippen molar-refractivity contribution < 1.29 is 55.6 Å². The molecule has 2 atom stereocenters. The Morgan fingerprint density at radius 1 is 1.15 bits per heavy atom. The number of methoxy groups -OCH3 is 1. The van der Waals surface area contributed by atoms with E-state index in [2.05, 4.69) is 24.9 Å². The minimum Gasteiger partial charge on any atom is -0.494 e. The Bertz CT molecular complexity index is 2020. The molecule has 0 radical (unpaired) electrons. The van der Waals surface area contributed by atoms with E-state index in [0.717, 1.165) is 6.20 Å². The van der Waals surface area contributed by atoms with Crippen molar-refractivity contribution in [1.82, 2.24) is 20.1 Å². The first-order chi connectivity index (χ1) is 22.6. The average molecular weight is 676 g/mol. The predicted octanol–water partition coefficient (Wildman–Crippen LogP) is 4.08. The van der Waals surface area contributed by atoms with Crippen LogP contribution in [-0.2, 0) is 15.8 Å². The summed E-state index contributed by atoms with van der Waals surface area (Å²) in [5, 5.41) is 18.5. The highest BCUT2D eigenvalue weighted by molar-refractivity contribution is 6.00. The molecule has 4 N–H and O–H groups in total. The van der Waals surface area contributed by atoms with Gasteiger partial charge in [0.15, 0.2) is 17.1 Å². The maximum atomic E-state index is 16.2. The molecule has 3 aliphatic rings. The van der Waals surface area contributed by atoms with Crippen LogP contribution in [0, 0.1) is 0 Å². The summed E-state index contributed by atoms with van der Waals surface area (Å²) < 4.78 is 90.8. The van der Waals surface area contributed by atoms with Crippen LogP contribution in [0.5, 0.6) is 23.0 Å². The van der Waals surface area contributed by atoms with E-state index in [1.54, 1.807) is 0 Å². The van der Waals surface area contributed by atoms with Gasteiger partial charge in [0.25, 0.3) is 5.91 Å². The summed E-state index contributed by atoms with van der Waals surface area (Å²) in [6, 6.07) is 7.57. The van der Waals surface area contributed by atoms with E-state index in [1.807, 2.05) is 0 Å². The molecule has 17 heteroatoms. The van der Waals surface area contributed by atoms with Gasteiger partial charge in [0.1, 0.15) is 40.4 Å². The van der Waals surface area contributed by atoms with Gasteiger partial charge in [-0.3, -0.25) is 9.59 Å². The summed E-state index contributed by atoms with van der Waals surface area (Å²) >= 11 is 0. The summed E-state index contributed by atoms with van der Waals surface area (Å²) in [7, 11) is 1.27. The van der Waals surface area contributed by atoms with Crippen LogP contribution >= 0.6 is 0 Å². The normalized spacial score (nSPS) is 21.0. The lowest BCUT2D eigenvalue weighted by Gasteiger charge is -2.33. The number of ether oxygens (including phenoxy) is 4. The maximum Gasteiger partial charge on any atom is 0.586 e. The van der Waals surface area contributed by atoms with Gasteiger partial charge in [-0.05, 0) is 56.2 Å². The number of primary amides is 1. The van der Waals surface area contributed by atoms with Crippen LogP contribution in [0.15, 0.2) is 42.6 Å². The molecule has 4 heterocycles. The van der Waals surface area contributed by atoms with Gasteiger partial charge in [-0.15, -0.1) is 8.78 Å². The Hall–Kier alpha value is -5.19. The monoisotopic (exact) mass is 675 g/mol. The number of hydrogen-bond acceptors (Lipinski definition) is 9. The van der Waals surface area contributed by atoms with Crippen LogP contribution in [0.3, 0.4) is 0 Å². The van der Waals surface area contributed by atoms with Gasteiger partial charge in [0.2, 0.25) is 5.91 Å². The molecular formula is C31H26F5N5O7. The standard InChI is InChI=1S/C31H26F5N5O7/c1-28(26(37)43)13-46-24-17(28)10-21(39-23(24)14-3-4-18-19(8-14)48-31(35,36)47-18)30(44,29(34)5-6-29)12-38-25(42)15-7-16-11-41(27(32)33)40-22(16)20(9-15)45-2/h3-4,7-11,27,44H,5-6,12-13H2,1-2H3,(H2,37,43)(H,38,42)/t28-,30?/m0/s1. The van der Waals surface area contributed by atoms with Crippen LogP contribution in [-0.4, -0.2) is 63.9 Å². The highest BCUT2D eigenvalue weighted by atomic mass is 19.3. The van der Waals surface area contributed by atoms with Crippen molar-refractivity contribution in [1.29, 1.82) is 0 Å². The molecule has 1 aliphatic carbocycles. The van der Waals surface area contributed by atoms with Gasteiger partial charge in [-0.1, -0.05) is 0 Å². The minimum atomic E-state index is -3.91. The third-order valence-corrected chi connectivity index (χ3v) is 8.92. The fourth-order valence-corrected chi connectivity index (χ4v) is 5.91. The van der Waals surface area contributed by atoms with Crippen molar-refractivity contribution in [3.05, 3.63) is 59.4 Å². The van der Waals surface area contributed by atoms with Crippen molar-refractivity contribution in [3.63, 3.8) is 0 Å². The lowest BCUT2D eigenvalue weighted by molar-refractivity contribution is -0.286. The third-order valence-electron chi connectivity index (χ3n) is 8.92. The number of aliphatic hydroxyl groups is 1. The van der Waals surface area contributed by atoms with E-state index >= 15 is 4.39 Å². The van der Waals surface area contributed by atoms with Crippen molar-refractivity contribution in [2.75, 3.05) is 20.3 Å². The number of pyridine rings is 1. The molecule has 0 saturated heterocycles. The van der Waals surface area contributed by atoms with Crippen LogP contribution in [0.2, 0.25) is 0 Å². The molecule has 0 spiro atoms. The quantitative estimate of drug-likeness (QED) is 0.222. The predicted molar refractivity (Wildman–Crippen MR) is 155 cm³/mol. The zero-order valence-electron chi connectivity index (χ0n) is 25.2. The third kappa shape index (κ3) is 4.82. The molecule has 252 valence electrons. The zero-order chi connectivity index (χ0) is 34.4. The smallest absolute Gasteiger partial charge is 0.494 e. The first-order valence-corrected chi connectivity index (χ1v) is 14.5. The first kappa shape index (κ1) is 31.4. The largest absolute Gasteiger partial charge is 0.586 e. The number of nitrogens with two attached hydrogens (primary N) is 1. The maximum absolute atomic E-state index is 16.2. The molecular weight excluding hydrogens is 649 g/mol. The molecule has 0 bridgehead atoms. The summed E-state index contributed by atoms with van der Waals surface area (Å²) in [5.74, 6) is -2.12. The van der Waals surface area contributed by atoms with Gasteiger partial charge in [-0.2, -0.15) is 13.9 Å². The van der Waals surface area contributed by atoms with E-state index in [0.29, 0.717) is 4.68 Å². The fraction of sp³-hybridized carbons (Fsp3) is 0.355. The van der Waals surface area contributed by atoms with Crippen LogP contribution in [0.1, 0.15) is 47.9 Å². The minimum absolute atomic E-state index is 0.0219. The molecule has 7 rings (SSSR count). The lowest BCUT2D eigenvalue weighted by atomic mass is 9.80. The van der Waals surface area contributed by atoms with Gasteiger partial charge in [0.05, 0.1) is 19.3 Å². The molecule has 2 aliphatic heterocycles. The van der Waals surface area contributed by atoms with E-state index in [1.165, 1.54) is 50.4 Å². The van der Waals surface area contributed by atoms with Crippen molar-refractivity contribution in [3.8, 4) is 34.3 Å². The average Bonchev–Trinajstić information content (AvgIpc) is 3.36. The topological polar surface area (TPSA) is 160 Å². The second kappa shape index (κ2) is 10.4. The highest BCUT2D eigenvalue weighted by Crippen LogP contribution is 2.55. The van der Waals surface area contributed by atoms with Gasteiger partial charge in [-0.25, -0.2) is 14.1 Å². The molecule has 1 saturated carbocycles. The van der Waals surface area contributed by atoms with Crippen LogP contribution in [0.25, 0.3) is 22.2 Å². The number of alkyl halides is 5. The highest BCUT2D eigenvalue weighted by Gasteiger charge is 2.62. The SMILES string of the molecule is COc1cc(C(=O)NCC(O)(c2cc3c(c(-c4ccc5c(c4)OC(F)(F)O5)n2)OC[C@]3(C)C(N)=O)C2(F)CC2)cc2cn(C(F)F)nc12. The Balaban J connectivity index is 1.29. The molecule has 2 aromatic heterocycles. The number of fused-ring (bicyclic) bond motifs is 3. The number of aromatic nitrogens is 3. The zero-order valence-corrected chi connectivity index (χ0v) is 25.2. The van der Waals surface area contributed by atoms with Crippen molar-refractivity contribution in [2.45, 2.75) is 49.3 Å². The number of nitrogens with zero attached hydrogens (tertiary/aromatic N) is 3. The number of rotatable bonds is 9. The van der Waals surface area contributed by atoms with Gasteiger partial charge >= 0.3 is 12.8 Å². The van der Waals surface area contributed by atoms with Crippen molar-refractivity contribution >= 4 is 22.7 Å². The Morgan fingerprint density at radius 2 is 1.88 bits per heavy atom. The molecule has 2 aromatic carbocycles. The molecule has 2 amide bonds. The molecule has 48 heavy (non-hydrogen) atoms. The van der Waals surface area contributed by atoms with E-state index in [4.69, 9.17) is 15.2 Å². The summed E-state index contributed by atoms with van der Waals surface area (Å²) in [6.07, 6.45) is -3.10. The van der Waals surface area contributed by atoms with Gasteiger partial charge in [0, 0.05) is 28.3 Å². The number of nitrogens with one attached hydrogen (secondary N) is 1. The number of halogens is 5. The molecule has 12 nitrogen and oxygen atoms in total. The number of benzene rings is 2. The second-order valence-corrected chi connectivity index (χ2v) is 12.1. The Labute approximate surface area is 267 Å². The van der Waals surface area contributed by atoms with E-state index < -0.39 is 47.9 Å². The van der Waals surface area contributed by atoms with E-state index in [9.17, 15) is 32.3 Å². The molecule has 1 unspecified atom stereocenters. The second-order valence-electron chi connectivity index (χ2n) is 12.1. The molecule has 4 aromatic rings. The molecule has 1 fully saturated rings. The number of amides is 2. The van der Waals surface area contributed by atoms with Gasteiger partial charge < -0.3 is 35.1 Å². The Kier molecular flexibility index (Phi) is 6.81. The Morgan fingerprint density at radius 3 is 2.54 bits per heavy atom. The summed E-state index contributed by atoms with van der Waals surface area (Å²) in [6.45, 7) is -2.43. The first-order valence-electron chi connectivity index (χ1n) is 14.5. The number of hydrogen-bond donors (Lipinski definition) is 3.